The maximum Gasteiger partial charge on any atom is 0.335 e. The van der Waals surface area contributed by atoms with Gasteiger partial charge >= 0.3 is 11.9 Å². The molecule has 1 aliphatic rings. The van der Waals surface area contributed by atoms with E-state index in [1.54, 1.807) is 24.3 Å². The molecule has 1 atom stereocenters. The van der Waals surface area contributed by atoms with Gasteiger partial charge in [0.25, 0.3) is 5.91 Å². The van der Waals surface area contributed by atoms with Crippen molar-refractivity contribution < 1.29 is 41.1 Å². The first-order valence-electron chi connectivity index (χ1n) is 14.0. The number of aryl methyl sites for hydroxylation is 1. The molecule has 16 heteroatoms. The van der Waals surface area contributed by atoms with Crippen LogP contribution >= 0.6 is 35.1 Å². The Balaban J connectivity index is 0.000000265. The van der Waals surface area contributed by atoms with Gasteiger partial charge in [-0.15, -0.1) is 35.1 Å². The SMILES string of the molecule is CCc1ccc(S(=O)(=O)c2cccc(C(=O)O)c2)s1.COC(=O)[C@H]1CCCN1C(=O)c1cccc(S(=O)(=O)c2ccc(CN)s2)c1.Cl. The molecule has 5 rings (SSSR count). The zero-order chi connectivity index (χ0) is 33.6. The monoisotopic (exact) mass is 740 g/mol. The number of carboxylic acids is 1. The van der Waals surface area contributed by atoms with Gasteiger partial charge < -0.3 is 20.5 Å². The van der Waals surface area contributed by atoms with Gasteiger partial charge in [0.15, 0.2) is 0 Å². The number of thiophene rings is 2. The van der Waals surface area contributed by atoms with Crippen LogP contribution in [0.2, 0.25) is 0 Å². The number of esters is 1. The highest BCUT2D eigenvalue weighted by molar-refractivity contribution is 7.93. The summed E-state index contributed by atoms with van der Waals surface area (Å²) in [5.74, 6) is -1.98. The van der Waals surface area contributed by atoms with Crippen LogP contribution in [-0.2, 0) is 42.2 Å². The number of sulfone groups is 2. The number of carbonyl (C=O) groups excluding carboxylic acids is 2. The zero-order valence-electron chi connectivity index (χ0n) is 25.3. The Hall–Kier alpha value is -3.60. The Kier molecular flexibility index (Phi) is 12.9. The molecule has 3 N–H and O–H groups in total. The third kappa shape index (κ3) is 8.47. The van der Waals surface area contributed by atoms with Gasteiger partial charge in [0.05, 0.1) is 22.5 Å². The lowest BCUT2D eigenvalue weighted by molar-refractivity contribution is -0.145. The molecule has 0 bridgehead atoms. The Morgan fingerprint density at radius 2 is 1.40 bits per heavy atom. The van der Waals surface area contributed by atoms with Gasteiger partial charge in [0.2, 0.25) is 19.7 Å². The van der Waals surface area contributed by atoms with Crippen LogP contribution in [-0.4, -0.2) is 64.4 Å². The standard InChI is InChI=1S/C18H20N2O5S2.C13H12O4S2.ClH/c1-25-18(22)15-6-3-9-20(15)17(21)12-4-2-5-14(10-12)27(23,24)16-8-7-13(11-19)26-16;1-2-10-6-7-12(18-10)19(16,17)11-5-3-4-9(8-11)13(14)15;/h2,4-5,7-8,10,15H,3,6,9,11,19H2,1H3;3-8H,2H2,1H3,(H,14,15);1H/t15-;;/m1../s1. The van der Waals surface area contributed by atoms with Gasteiger partial charge in [-0.05, 0) is 79.9 Å². The van der Waals surface area contributed by atoms with Crippen molar-refractivity contribution in [3.05, 3.63) is 93.7 Å². The first-order chi connectivity index (χ1) is 21.8. The molecule has 0 aliphatic carbocycles. The maximum absolute atomic E-state index is 12.9. The predicted octanol–water partition coefficient (Wildman–Crippen LogP) is 5.08. The normalized spacial score (nSPS) is 14.4. The van der Waals surface area contributed by atoms with Gasteiger partial charge in [0, 0.05) is 28.4 Å². The number of carboxylic acid groups (broad SMARTS) is 1. The van der Waals surface area contributed by atoms with Crippen LogP contribution in [0.1, 0.15) is 50.2 Å². The summed E-state index contributed by atoms with van der Waals surface area (Å²) in [6.45, 7) is 2.65. The molecule has 1 aliphatic heterocycles. The van der Waals surface area contributed by atoms with E-state index in [0.717, 1.165) is 27.5 Å². The Bertz CT molecular complexity index is 1970. The number of benzene rings is 2. The fourth-order valence-corrected chi connectivity index (χ4v) is 10.1. The number of nitrogens with zero attached hydrogens (tertiary/aromatic N) is 1. The molecule has 4 aromatic rings. The average molecular weight is 741 g/mol. The van der Waals surface area contributed by atoms with E-state index in [4.69, 9.17) is 15.6 Å². The summed E-state index contributed by atoms with van der Waals surface area (Å²) in [7, 11) is -6.09. The lowest BCUT2D eigenvalue weighted by Gasteiger charge is -2.22. The molecule has 0 unspecified atom stereocenters. The van der Waals surface area contributed by atoms with E-state index in [0.29, 0.717) is 19.4 Å². The highest BCUT2D eigenvalue weighted by atomic mass is 35.5. The highest BCUT2D eigenvalue weighted by Crippen LogP contribution is 2.30. The van der Waals surface area contributed by atoms with Crippen molar-refractivity contribution in [3.8, 4) is 0 Å². The van der Waals surface area contributed by atoms with E-state index in [9.17, 15) is 31.2 Å². The topological polar surface area (TPSA) is 178 Å². The first-order valence-corrected chi connectivity index (χ1v) is 18.6. The molecule has 11 nitrogen and oxygen atoms in total. The van der Waals surface area contributed by atoms with Crippen molar-refractivity contribution in [2.75, 3.05) is 13.7 Å². The molecule has 0 saturated carbocycles. The number of rotatable bonds is 9. The molecule has 1 saturated heterocycles. The summed E-state index contributed by atoms with van der Waals surface area (Å²) < 4.78 is 55.6. The number of hydrogen-bond donors (Lipinski definition) is 2. The zero-order valence-corrected chi connectivity index (χ0v) is 29.4. The second-order valence-electron chi connectivity index (χ2n) is 10.0. The van der Waals surface area contributed by atoms with E-state index in [-0.39, 0.29) is 54.2 Å². The smallest absolute Gasteiger partial charge is 0.335 e. The quantitative estimate of drug-likeness (QED) is 0.220. The van der Waals surface area contributed by atoms with Crippen LogP contribution < -0.4 is 5.73 Å². The van der Waals surface area contributed by atoms with Crippen molar-refractivity contribution in [1.29, 1.82) is 0 Å². The number of carbonyl (C=O) groups is 3. The number of ether oxygens (including phenoxy) is 1. The first kappa shape index (κ1) is 37.9. The van der Waals surface area contributed by atoms with Crippen molar-refractivity contribution in [1.82, 2.24) is 4.90 Å². The van der Waals surface area contributed by atoms with Gasteiger partial charge in [-0.25, -0.2) is 26.4 Å². The Morgan fingerprint density at radius 3 is 1.89 bits per heavy atom. The van der Waals surface area contributed by atoms with Gasteiger partial charge in [0.1, 0.15) is 14.5 Å². The second-order valence-corrected chi connectivity index (χ2v) is 16.7. The molecular formula is C31H33ClN2O9S4. The molecular weight excluding hydrogens is 708 g/mol. The summed E-state index contributed by atoms with van der Waals surface area (Å²) in [6, 6.07) is 17.2. The maximum atomic E-state index is 12.9. The fourth-order valence-electron chi connectivity index (χ4n) is 4.69. The predicted molar refractivity (Wildman–Crippen MR) is 180 cm³/mol. The van der Waals surface area contributed by atoms with E-state index in [1.807, 2.05) is 6.92 Å². The number of likely N-dealkylation sites (tertiary alicyclic amines) is 1. The van der Waals surface area contributed by atoms with Crippen molar-refractivity contribution in [3.63, 3.8) is 0 Å². The summed E-state index contributed by atoms with van der Waals surface area (Å²) in [4.78, 5) is 38.8. The summed E-state index contributed by atoms with van der Waals surface area (Å²) in [6.07, 6.45) is 2.00. The molecule has 1 fully saturated rings. The van der Waals surface area contributed by atoms with E-state index < -0.39 is 37.7 Å². The fraction of sp³-hybridized carbons (Fsp3) is 0.258. The van der Waals surface area contributed by atoms with E-state index in [2.05, 4.69) is 0 Å². The van der Waals surface area contributed by atoms with E-state index >= 15 is 0 Å². The molecule has 252 valence electrons. The molecule has 3 heterocycles. The van der Waals surface area contributed by atoms with Crippen LogP contribution in [0.3, 0.4) is 0 Å². The summed E-state index contributed by atoms with van der Waals surface area (Å²) in [5, 5.41) is 8.90. The van der Waals surface area contributed by atoms with Gasteiger partial charge in [-0.1, -0.05) is 19.1 Å². The Labute approximate surface area is 287 Å². The number of nitrogens with two attached hydrogens (primary N) is 1. The number of amides is 1. The number of aromatic carboxylic acids is 1. The molecule has 0 radical (unpaired) electrons. The van der Waals surface area contributed by atoms with Crippen molar-refractivity contribution >= 4 is 72.6 Å². The van der Waals surface area contributed by atoms with Crippen LogP contribution in [0.5, 0.6) is 0 Å². The summed E-state index contributed by atoms with van der Waals surface area (Å²) in [5.41, 5.74) is 5.75. The largest absolute Gasteiger partial charge is 0.478 e. The van der Waals surface area contributed by atoms with Crippen molar-refractivity contribution in [2.45, 2.75) is 57.0 Å². The molecule has 0 spiro atoms. The number of hydrogen-bond acceptors (Lipinski definition) is 11. The average Bonchev–Trinajstić information content (AvgIpc) is 3.86. The molecule has 47 heavy (non-hydrogen) atoms. The minimum atomic E-state index is -3.74. The lowest BCUT2D eigenvalue weighted by Crippen LogP contribution is -2.41. The lowest BCUT2D eigenvalue weighted by atomic mass is 10.1. The highest BCUT2D eigenvalue weighted by Gasteiger charge is 2.35. The minimum Gasteiger partial charge on any atom is -0.478 e. The van der Waals surface area contributed by atoms with Crippen LogP contribution in [0, 0.1) is 0 Å². The number of halogens is 1. The van der Waals surface area contributed by atoms with Crippen LogP contribution in [0.4, 0.5) is 0 Å². The Morgan fingerprint density at radius 1 is 0.872 bits per heavy atom. The van der Waals surface area contributed by atoms with Gasteiger partial charge in [-0.2, -0.15) is 0 Å². The summed E-state index contributed by atoms with van der Waals surface area (Å²) >= 11 is 2.33. The molecule has 2 aromatic heterocycles. The second kappa shape index (κ2) is 16.0. The van der Waals surface area contributed by atoms with Crippen LogP contribution in [0.25, 0.3) is 0 Å². The van der Waals surface area contributed by atoms with Crippen molar-refractivity contribution in [2.24, 2.45) is 5.73 Å². The minimum absolute atomic E-state index is 0. The molecule has 1 amide bonds. The number of methoxy groups -OCH3 is 1. The van der Waals surface area contributed by atoms with E-state index in [1.165, 1.54) is 71.9 Å². The third-order valence-electron chi connectivity index (χ3n) is 7.12. The molecule has 2 aromatic carbocycles. The van der Waals surface area contributed by atoms with Gasteiger partial charge in [-0.3, -0.25) is 4.79 Å². The van der Waals surface area contributed by atoms with Crippen LogP contribution in [0.15, 0.2) is 91.0 Å². The third-order valence-corrected chi connectivity index (χ3v) is 13.9.